The second-order valence-electron chi connectivity index (χ2n) is 5.24. The first-order valence-corrected chi connectivity index (χ1v) is 5.86. The Morgan fingerprint density at radius 1 is 1.53 bits per heavy atom. The molecule has 1 aliphatic rings. The van der Waals surface area contributed by atoms with Gasteiger partial charge >= 0.3 is 0 Å². The molecule has 0 heterocycles. The summed E-state index contributed by atoms with van der Waals surface area (Å²) < 4.78 is 0. The number of hydrogen-bond donors (Lipinski definition) is 1. The lowest BCUT2D eigenvalue weighted by Crippen LogP contribution is -2.54. The molecule has 3 nitrogen and oxygen atoms in total. The van der Waals surface area contributed by atoms with Crippen LogP contribution in [-0.4, -0.2) is 36.1 Å². The van der Waals surface area contributed by atoms with Crippen molar-refractivity contribution in [1.29, 1.82) is 5.26 Å². The van der Waals surface area contributed by atoms with Gasteiger partial charge in [0.15, 0.2) is 0 Å². The Morgan fingerprint density at radius 2 is 2.13 bits per heavy atom. The topological polar surface area (TPSA) is 39.1 Å². The van der Waals surface area contributed by atoms with Crippen LogP contribution in [0.2, 0.25) is 0 Å². The summed E-state index contributed by atoms with van der Waals surface area (Å²) in [4.78, 5) is 2.32. The summed E-state index contributed by atoms with van der Waals surface area (Å²) in [7, 11) is 2.13. The van der Waals surface area contributed by atoms with Crippen LogP contribution in [0.25, 0.3) is 0 Å². The lowest BCUT2D eigenvalue weighted by Gasteiger charge is -2.39. The smallest absolute Gasteiger partial charge is 0.116 e. The highest BCUT2D eigenvalue weighted by atomic mass is 15.2. The van der Waals surface area contributed by atoms with Crippen LogP contribution in [0.4, 0.5) is 0 Å². The van der Waals surface area contributed by atoms with E-state index in [0.29, 0.717) is 12.1 Å². The summed E-state index contributed by atoms with van der Waals surface area (Å²) in [5.41, 5.74) is -0.418. The maximum absolute atomic E-state index is 9.22. The number of nitriles is 1. The van der Waals surface area contributed by atoms with Crippen LogP contribution in [0.5, 0.6) is 0 Å². The fraction of sp³-hybridized carbons (Fsp3) is 0.917. The summed E-state index contributed by atoms with van der Waals surface area (Å²) in [5, 5.41) is 12.6. The molecule has 1 fully saturated rings. The number of hydrogen-bond acceptors (Lipinski definition) is 3. The van der Waals surface area contributed by atoms with E-state index in [9.17, 15) is 5.26 Å². The molecule has 0 aromatic rings. The molecule has 0 spiro atoms. The van der Waals surface area contributed by atoms with Gasteiger partial charge in [0.1, 0.15) is 5.54 Å². The van der Waals surface area contributed by atoms with Gasteiger partial charge in [-0.1, -0.05) is 6.42 Å². The van der Waals surface area contributed by atoms with Gasteiger partial charge in [-0.15, -0.1) is 0 Å². The Bertz CT molecular complexity index is 240. The summed E-state index contributed by atoms with van der Waals surface area (Å²) in [6, 6.07) is 3.44. The highest BCUT2D eigenvalue weighted by Gasteiger charge is 2.30. The summed E-state index contributed by atoms with van der Waals surface area (Å²) >= 11 is 0. The summed E-state index contributed by atoms with van der Waals surface area (Å²) in [6.07, 6.45) is 3.93. The standard InChI is InChI=1S/C12H23N3/c1-10(2)14-12(3,8-13)9-15(4)11-6-5-7-11/h10-11,14H,5-7,9H2,1-4H3. The molecule has 0 amide bonds. The molecule has 1 unspecified atom stereocenters. The molecule has 86 valence electrons. The van der Waals surface area contributed by atoms with Crippen LogP contribution in [0, 0.1) is 11.3 Å². The minimum Gasteiger partial charge on any atom is -0.301 e. The minimum absolute atomic E-state index is 0.351. The third-order valence-corrected chi connectivity index (χ3v) is 3.12. The van der Waals surface area contributed by atoms with Crippen LogP contribution in [-0.2, 0) is 0 Å². The normalized spacial score (nSPS) is 21.1. The van der Waals surface area contributed by atoms with Gasteiger partial charge in [-0.3, -0.25) is 5.32 Å². The molecule has 0 radical (unpaired) electrons. The molecule has 1 rings (SSSR count). The van der Waals surface area contributed by atoms with Crippen LogP contribution < -0.4 is 5.32 Å². The maximum atomic E-state index is 9.22. The average Bonchev–Trinajstić information content (AvgIpc) is 1.98. The van der Waals surface area contributed by atoms with Gasteiger partial charge in [0.25, 0.3) is 0 Å². The van der Waals surface area contributed by atoms with Crippen molar-refractivity contribution < 1.29 is 0 Å². The van der Waals surface area contributed by atoms with Gasteiger partial charge in [-0.2, -0.15) is 5.26 Å². The molecule has 1 saturated carbocycles. The maximum Gasteiger partial charge on any atom is 0.116 e. The molecule has 0 aromatic carbocycles. The molecular formula is C12H23N3. The van der Waals surface area contributed by atoms with Gasteiger partial charge in [0.2, 0.25) is 0 Å². The first-order chi connectivity index (χ1) is 6.97. The van der Waals surface area contributed by atoms with Crippen LogP contribution in [0.15, 0.2) is 0 Å². The number of rotatable bonds is 5. The van der Waals surface area contributed by atoms with Crippen molar-refractivity contribution in [2.24, 2.45) is 0 Å². The van der Waals surface area contributed by atoms with Crippen molar-refractivity contribution in [3.05, 3.63) is 0 Å². The average molecular weight is 209 g/mol. The quantitative estimate of drug-likeness (QED) is 0.750. The first-order valence-electron chi connectivity index (χ1n) is 5.86. The number of likely N-dealkylation sites (N-methyl/N-ethyl adjacent to an activating group) is 1. The zero-order valence-electron chi connectivity index (χ0n) is 10.4. The van der Waals surface area contributed by atoms with E-state index in [1.165, 1.54) is 19.3 Å². The van der Waals surface area contributed by atoms with Gasteiger partial charge in [0.05, 0.1) is 6.07 Å². The van der Waals surface area contributed by atoms with Crippen molar-refractivity contribution in [2.45, 2.75) is 57.7 Å². The molecule has 0 aliphatic heterocycles. The Balaban J connectivity index is 2.47. The molecular weight excluding hydrogens is 186 g/mol. The fourth-order valence-corrected chi connectivity index (χ4v) is 2.21. The molecule has 15 heavy (non-hydrogen) atoms. The second-order valence-corrected chi connectivity index (χ2v) is 5.24. The van der Waals surface area contributed by atoms with Crippen LogP contribution in [0.3, 0.4) is 0 Å². The largest absolute Gasteiger partial charge is 0.301 e. The van der Waals surface area contributed by atoms with E-state index in [-0.39, 0.29) is 0 Å². The molecule has 1 N–H and O–H groups in total. The molecule has 0 saturated heterocycles. The van der Waals surface area contributed by atoms with Crippen LogP contribution >= 0.6 is 0 Å². The number of nitrogens with one attached hydrogen (secondary N) is 1. The molecule has 1 atom stereocenters. The predicted octanol–water partition coefficient (Wildman–Crippen LogP) is 1.75. The van der Waals surface area contributed by atoms with Gasteiger partial charge in [0, 0.05) is 18.6 Å². The van der Waals surface area contributed by atoms with Gasteiger partial charge in [-0.25, -0.2) is 0 Å². The van der Waals surface area contributed by atoms with E-state index >= 15 is 0 Å². The van der Waals surface area contributed by atoms with E-state index in [4.69, 9.17) is 0 Å². The van der Waals surface area contributed by atoms with Gasteiger partial charge in [-0.05, 0) is 40.7 Å². The third-order valence-electron chi connectivity index (χ3n) is 3.12. The van der Waals surface area contributed by atoms with Crippen molar-refractivity contribution in [1.82, 2.24) is 10.2 Å². The van der Waals surface area contributed by atoms with Gasteiger partial charge < -0.3 is 4.90 Å². The van der Waals surface area contributed by atoms with E-state index in [2.05, 4.69) is 37.2 Å². The molecule has 0 aromatic heterocycles. The fourth-order valence-electron chi connectivity index (χ4n) is 2.21. The van der Waals surface area contributed by atoms with Crippen molar-refractivity contribution in [2.75, 3.05) is 13.6 Å². The molecule has 0 bridgehead atoms. The monoisotopic (exact) mass is 209 g/mol. The minimum atomic E-state index is -0.418. The Morgan fingerprint density at radius 3 is 2.47 bits per heavy atom. The SMILES string of the molecule is CC(C)NC(C)(C#N)CN(C)C1CCC1. The lowest BCUT2D eigenvalue weighted by molar-refractivity contribution is 0.131. The highest BCUT2D eigenvalue weighted by Crippen LogP contribution is 2.24. The van der Waals surface area contributed by atoms with Crippen molar-refractivity contribution >= 4 is 0 Å². The lowest BCUT2D eigenvalue weighted by atomic mass is 9.90. The highest BCUT2D eigenvalue weighted by molar-refractivity contribution is 5.07. The Hall–Kier alpha value is -0.590. The predicted molar refractivity (Wildman–Crippen MR) is 62.6 cm³/mol. The molecule has 1 aliphatic carbocycles. The third kappa shape index (κ3) is 3.48. The van der Waals surface area contributed by atoms with Crippen molar-refractivity contribution in [3.8, 4) is 6.07 Å². The Kier molecular flexibility index (Phi) is 4.12. The zero-order valence-corrected chi connectivity index (χ0v) is 10.4. The summed E-state index contributed by atoms with van der Waals surface area (Å²) in [6.45, 7) is 6.96. The van der Waals surface area contributed by atoms with E-state index < -0.39 is 5.54 Å². The van der Waals surface area contributed by atoms with Crippen molar-refractivity contribution in [3.63, 3.8) is 0 Å². The zero-order chi connectivity index (χ0) is 11.5. The van der Waals surface area contributed by atoms with E-state index in [0.717, 1.165) is 6.54 Å². The second kappa shape index (κ2) is 4.96. The van der Waals surface area contributed by atoms with Crippen LogP contribution in [0.1, 0.15) is 40.0 Å². The molecule has 3 heteroatoms. The van der Waals surface area contributed by atoms with E-state index in [1.807, 2.05) is 6.92 Å². The summed E-state index contributed by atoms with van der Waals surface area (Å²) in [5.74, 6) is 0. The van der Waals surface area contributed by atoms with E-state index in [1.54, 1.807) is 0 Å². The first kappa shape index (κ1) is 12.5. The Labute approximate surface area is 93.5 Å². The number of nitrogens with zero attached hydrogens (tertiary/aromatic N) is 2.